The van der Waals surface area contributed by atoms with Crippen molar-refractivity contribution >= 4 is 16.9 Å². The molecule has 1 N–H and O–H groups in total. The van der Waals surface area contributed by atoms with Gasteiger partial charge in [0.25, 0.3) is 0 Å². The first-order chi connectivity index (χ1) is 12.7. The lowest BCUT2D eigenvalue weighted by Gasteiger charge is -2.07. The molecule has 4 rings (SSSR count). The number of aromatic nitrogens is 2. The molecular formula is C21H14N2O3. The number of para-hydroxylation sites is 1. The van der Waals surface area contributed by atoms with Crippen LogP contribution in [0.25, 0.3) is 22.2 Å². The Bertz CT molecular complexity index is 1130. The SMILES string of the molecule is O=C(Oc1ccc(-c2cc(=O)c3ccccc3[nH]2)cc1)c1cccnc1. The van der Waals surface area contributed by atoms with Crippen LogP contribution >= 0.6 is 0 Å². The number of rotatable bonds is 3. The van der Waals surface area contributed by atoms with Gasteiger partial charge in [0, 0.05) is 35.1 Å². The number of carbonyl (C=O) groups excluding carboxylic acids is 1. The topological polar surface area (TPSA) is 72.1 Å². The number of esters is 1. The number of pyridine rings is 2. The van der Waals surface area contributed by atoms with Crippen molar-refractivity contribution in [1.82, 2.24) is 9.97 Å². The molecule has 0 amide bonds. The second kappa shape index (κ2) is 6.64. The molecule has 26 heavy (non-hydrogen) atoms. The number of nitrogens with zero attached hydrogens (tertiary/aromatic N) is 1. The van der Waals surface area contributed by atoms with Gasteiger partial charge in [0.05, 0.1) is 5.56 Å². The monoisotopic (exact) mass is 342 g/mol. The first kappa shape index (κ1) is 15.8. The molecule has 5 nitrogen and oxygen atoms in total. The van der Waals surface area contributed by atoms with Gasteiger partial charge in [-0.2, -0.15) is 0 Å². The van der Waals surface area contributed by atoms with Gasteiger partial charge in [0.15, 0.2) is 5.43 Å². The third-order valence-corrected chi connectivity index (χ3v) is 4.01. The molecule has 5 heteroatoms. The van der Waals surface area contributed by atoms with E-state index in [1.165, 1.54) is 6.20 Å². The summed E-state index contributed by atoms with van der Waals surface area (Å²) in [6.45, 7) is 0. The average Bonchev–Trinajstić information content (AvgIpc) is 2.69. The first-order valence-electron chi connectivity index (χ1n) is 8.05. The lowest BCUT2D eigenvalue weighted by Crippen LogP contribution is -2.08. The maximum Gasteiger partial charge on any atom is 0.345 e. The maximum atomic E-state index is 12.2. The minimum Gasteiger partial charge on any atom is -0.423 e. The summed E-state index contributed by atoms with van der Waals surface area (Å²) in [6.07, 6.45) is 3.05. The van der Waals surface area contributed by atoms with Crippen LogP contribution in [0.4, 0.5) is 0 Å². The van der Waals surface area contributed by atoms with E-state index in [1.807, 2.05) is 18.2 Å². The minimum absolute atomic E-state index is 0.0403. The van der Waals surface area contributed by atoms with Gasteiger partial charge < -0.3 is 9.72 Å². The predicted octanol–water partition coefficient (Wildman–Crippen LogP) is 3.81. The largest absolute Gasteiger partial charge is 0.423 e. The zero-order chi connectivity index (χ0) is 17.9. The molecule has 2 aromatic heterocycles. The van der Waals surface area contributed by atoms with Crippen molar-refractivity contribution in [2.45, 2.75) is 0 Å². The van der Waals surface area contributed by atoms with E-state index in [9.17, 15) is 9.59 Å². The molecule has 2 aromatic carbocycles. The van der Waals surface area contributed by atoms with Crippen molar-refractivity contribution in [3.8, 4) is 17.0 Å². The van der Waals surface area contributed by atoms with Crippen molar-refractivity contribution in [3.63, 3.8) is 0 Å². The van der Waals surface area contributed by atoms with E-state index >= 15 is 0 Å². The van der Waals surface area contributed by atoms with E-state index in [0.29, 0.717) is 22.4 Å². The van der Waals surface area contributed by atoms with Gasteiger partial charge in [-0.15, -0.1) is 0 Å². The number of hydrogen-bond donors (Lipinski definition) is 1. The number of carbonyl (C=O) groups is 1. The molecule has 0 aliphatic rings. The molecule has 0 radical (unpaired) electrons. The van der Waals surface area contributed by atoms with E-state index in [2.05, 4.69) is 9.97 Å². The van der Waals surface area contributed by atoms with Crippen LogP contribution in [0.15, 0.2) is 83.9 Å². The van der Waals surface area contributed by atoms with Gasteiger partial charge in [0.2, 0.25) is 0 Å². The van der Waals surface area contributed by atoms with Crippen LogP contribution in [0.2, 0.25) is 0 Å². The second-order valence-electron chi connectivity index (χ2n) is 5.75. The highest BCUT2D eigenvalue weighted by molar-refractivity contribution is 5.90. The summed E-state index contributed by atoms with van der Waals surface area (Å²) in [7, 11) is 0. The van der Waals surface area contributed by atoms with Gasteiger partial charge >= 0.3 is 5.97 Å². The summed E-state index contributed by atoms with van der Waals surface area (Å²) in [6, 6.07) is 19.2. The molecule has 0 bridgehead atoms. The normalized spacial score (nSPS) is 10.6. The van der Waals surface area contributed by atoms with Gasteiger partial charge in [-0.1, -0.05) is 12.1 Å². The van der Waals surface area contributed by atoms with Crippen LogP contribution in [0.1, 0.15) is 10.4 Å². The van der Waals surface area contributed by atoms with Crippen LogP contribution in [-0.4, -0.2) is 15.9 Å². The van der Waals surface area contributed by atoms with E-state index in [1.54, 1.807) is 54.7 Å². The Morgan fingerprint density at radius 3 is 2.54 bits per heavy atom. The van der Waals surface area contributed by atoms with E-state index in [-0.39, 0.29) is 5.43 Å². The molecule has 0 spiro atoms. The number of aromatic amines is 1. The van der Waals surface area contributed by atoms with Gasteiger partial charge in [-0.3, -0.25) is 9.78 Å². The van der Waals surface area contributed by atoms with Crippen LogP contribution in [0.3, 0.4) is 0 Å². The Hall–Kier alpha value is -3.73. The van der Waals surface area contributed by atoms with E-state index < -0.39 is 5.97 Å². The maximum absolute atomic E-state index is 12.2. The molecule has 2 heterocycles. The van der Waals surface area contributed by atoms with Crippen molar-refractivity contribution in [1.29, 1.82) is 0 Å². The lowest BCUT2D eigenvalue weighted by atomic mass is 10.1. The third-order valence-electron chi connectivity index (χ3n) is 4.01. The highest BCUT2D eigenvalue weighted by Gasteiger charge is 2.09. The minimum atomic E-state index is -0.468. The van der Waals surface area contributed by atoms with E-state index in [0.717, 1.165) is 11.1 Å². The fraction of sp³-hybridized carbons (Fsp3) is 0. The molecule has 0 aliphatic carbocycles. The molecule has 0 saturated carbocycles. The fourth-order valence-corrected chi connectivity index (χ4v) is 2.70. The number of ether oxygens (including phenoxy) is 1. The summed E-state index contributed by atoms with van der Waals surface area (Å²) < 4.78 is 5.33. The van der Waals surface area contributed by atoms with Gasteiger partial charge in [0.1, 0.15) is 5.75 Å². The number of nitrogens with one attached hydrogen (secondary N) is 1. The Morgan fingerprint density at radius 2 is 1.77 bits per heavy atom. The molecular weight excluding hydrogens is 328 g/mol. The van der Waals surface area contributed by atoms with Crippen LogP contribution in [0.5, 0.6) is 5.75 Å². The predicted molar refractivity (Wildman–Crippen MR) is 99.2 cm³/mol. The Balaban J connectivity index is 1.60. The molecule has 0 saturated heterocycles. The standard InChI is InChI=1S/C21H14N2O3/c24-20-12-19(23-18-6-2-1-5-17(18)20)14-7-9-16(10-8-14)26-21(25)15-4-3-11-22-13-15/h1-13H,(H,23,24). The summed E-state index contributed by atoms with van der Waals surface area (Å²) in [5.41, 5.74) is 2.66. The zero-order valence-corrected chi connectivity index (χ0v) is 13.7. The quantitative estimate of drug-likeness (QED) is 0.454. The zero-order valence-electron chi connectivity index (χ0n) is 13.7. The third kappa shape index (κ3) is 3.10. The fourth-order valence-electron chi connectivity index (χ4n) is 2.70. The number of fused-ring (bicyclic) bond motifs is 1. The smallest absolute Gasteiger partial charge is 0.345 e. The second-order valence-corrected chi connectivity index (χ2v) is 5.75. The summed E-state index contributed by atoms with van der Waals surface area (Å²) >= 11 is 0. The van der Waals surface area contributed by atoms with Crippen molar-refractivity contribution in [2.24, 2.45) is 0 Å². The van der Waals surface area contributed by atoms with Crippen LogP contribution < -0.4 is 10.2 Å². The van der Waals surface area contributed by atoms with Crippen molar-refractivity contribution < 1.29 is 9.53 Å². The molecule has 126 valence electrons. The summed E-state index contributed by atoms with van der Waals surface area (Å²) in [4.78, 5) is 31.5. The molecule has 4 aromatic rings. The van der Waals surface area contributed by atoms with Crippen LogP contribution in [0, 0.1) is 0 Å². The molecule has 0 unspecified atom stereocenters. The highest BCUT2D eigenvalue weighted by Crippen LogP contribution is 2.22. The molecule has 0 aliphatic heterocycles. The Kier molecular flexibility index (Phi) is 4.03. The average molecular weight is 342 g/mol. The molecule has 0 fully saturated rings. The van der Waals surface area contributed by atoms with Crippen molar-refractivity contribution in [2.75, 3.05) is 0 Å². The number of benzene rings is 2. The Morgan fingerprint density at radius 1 is 0.962 bits per heavy atom. The summed E-state index contributed by atoms with van der Waals surface area (Å²) in [5.74, 6) is -0.0456. The Labute approximate surface area is 148 Å². The first-order valence-corrected chi connectivity index (χ1v) is 8.05. The van der Waals surface area contributed by atoms with Gasteiger partial charge in [-0.25, -0.2) is 4.79 Å². The number of hydrogen-bond acceptors (Lipinski definition) is 4. The lowest BCUT2D eigenvalue weighted by molar-refractivity contribution is 0.0734. The van der Waals surface area contributed by atoms with E-state index in [4.69, 9.17) is 4.74 Å². The van der Waals surface area contributed by atoms with Gasteiger partial charge in [-0.05, 0) is 54.1 Å². The van der Waals surface area contributed by atoms with Crippen LogP contribution in [-0.2, 0) is 0 Å². The summed E-state index contributed by atoms with van der Waals surface area (Å²) in [5, 5.41) is 0.651. The number of H-pyrrole nitrogens is 1. The highest BCUT2D eigenvalue weighted by atomic mass is 16.5. The molecule has 0 atom stereocenters. The van der Waals surface area contributed by atoms with Crippen molar-refractivity contribution in [3.05, 3.63) is 94.9 Å².